The number of carboxylic acid groups (broad SMARTS) is 1. The zero-order valence-corrected chi connectivity index (χ0v) is 14.6. The van der Waals surface area contributed by atoms with Crippen LogP contribution in [0.2, 0.25) is 10.2 Å². The van der Waals surface area contributed by atoms with E-state index in [1.807, 2.05) is 0 Å². The fraction of sp³-hybridized carbons (Fsp3) is 0.467. The van der Waals surface area contributed by atoms with Crippen molar-refractivity contribution < 1.29 is 19.8 Å². The zero-order valence-electron chi connectivity index (χ0n) is 11.8. The summed E-state index contributed by atoms with van der Waals surface area (Å²) in [6.07, 6.45) is 4.91. The van der Waals surface area contributed by atoms with Crippen LogP contribution in [0.3, 0.4) is 0 Å². The molecule has 2 N–H and O–H groups in total. The molecule has 0 amide bonds. The Balaban J connectivity index is 2.16. The van der Waals surface area contributed by atoms with Crippen LogP contribution < -0.4 is 0 Å². The Bertz CT molecular complexity index is 491. The van der Waals surface area contributed by atoms with E-state index in [0.717, 1.165) is 37.3 Å². The molecular weight excluding hydrogens is 355 g/mol. The quantitative estimate of drug-likeness (QED) is 0.486. The number of hydrogen-bond acceptors (Lipinski definition) is 3. The number of carbonyl (C=O) groups excluding carboxylic acids is 1. The van der Waals surface area contributed by atoms with E-state index in [1.54, 1.807) is 6.07 Å². The minimum atomic E-state index is -0.774. The van der Waals surface area contributed by atoms with E-state index < -0.39 is 21.7 Å². The number of hydrogen-bond donors (Lipinski definition) is 2. The Kier molecular flexibility index (Phi) is 8.48. The van der Waals surface area contributed by atoms with Gasteiger partial charge in [0.15, 0.2) is 0 Å². The molecule has 0 aliphatic heterocycles. The maximum atomic E-state index is 12.0. The van der Waals surface area contributed by atoms with Crippen molar-refractivity contribution in [3.8, 4) is 5.75 Å². The summed E-state index contributed by atoms with van der Waals surface area (Å²) in [5.41, 5.74) is 0.337. The molecular formula is C15H20AsClO4. The number of phenols is 1. The van der Waals surface area contributed by atoms with Crippen molar-refractivity contribution in [2.75, 3.05) is 0 Å². The van der Waals surface area contributed by atoms with Crippen LogP contribution >= 0.6 is 11.6 Å². The number of aromatic hydroxyl groups is 1. The molecule has 1 aromatic carbocycles. The van der Waals surface area contributed by atoms with Crippen LogP contribution in [0.25, 0.3) is 0 Å². The van der Waals surface area contributed by atoms with Crippen LogP contribution in [0.15, 0.2) is 18.2 Å². The van der Waals surface area contributed by atoms with Gasteiger partial charge in [0.1, 0.15) is 0 Å². The van der Waals surface area contributed by atoms with Gasteiger partial charge in [-0.1, -0.05) is 0 Å². The van der Waals surface area contributed by atoms with Gasteiger partial charge in [-0.05, 0) is 0 Å². The van der Waals surface area contributed by atoms with E-state index in [4.69, 9.17) is 16.7 Å². The first kappa shape index (κ1) is 18.1. The monoisotopic (exact) mass is 374 g/mol. The minimum absolute atomic E-state index is 0.00169. The fourth-order valence-electron chi connectivity index (χ4n) is 1.92. The second-order valence-corrected chi connectivity index (χ2v) is 8.01. The molecule has 21 heavy (non-hydrogen) atoms. The van der Waals surface area contributed by atoms with Crippen LogP contribution in [-0.4, -0.2) is 36.5 Å². The van der Waals surface area contributed by atoms with E-state index >= 15 is 0 Å². The molecule has 0 spiro atoms. The molecule has 0 aliphatic rings. The molecule has 6 heteroatoms. The summed E-state index contributed by atoms with van der Waals surface area (Å²) in [7, 11) is 0. The predicted octanol–water partition coefficient (Wildman–Crippen LogP) is 3.47. The number of benzene rings is 1. The van der Waals surface area contributed by atoms with Crippen LogP contribution in [0.1, 0.15) is 48.9 Å². The summed E-state index contributed by atoms with van der Waals surface area (Å²) in [6.45, 7) is 0. The molecule has 116 valence electrons. The average molecular weight is 375 g/mol. The Morgan fingerprint density at radius 3 is 2.48 bits per heavy atom. The Morgan fingerprint density at radius 2 is 1.76 bits per heavy atom. The van der Waals surface area contributed by atoms with E-state index in [9.17, 15) is 14.7 Å². The fourth-order valence-corrected chi connectivity index (χ4v) is 4.28. The first-order valence-corrected chi connectivity index (χ1v) is 9.90. The second-order valence-electron chi connectivity index (χ2n) is 4.83. The third kappa shape index (κ3) is 7.54. The molecule has 0 aliphatic carbocycles. The van der Waals surface area contributed by atoms with Crippen LogP contribution in [0, 0.1) is 0 Å². The van der Waals surface area contributed by atoms with Crippen LogP contribution in [-0.2, 0) is 4.79 Å². The first-order valence-electron chi connectivity index (χ1n) is 6.99. The number of rotatable bonds is 10. The first-order chi connectivity index (χ1) is 10.0. The Morgan fingerprint density at radius 1 is 1.10 bits per heavy atom. The molecule has 0 radical (unpaired) electrons. The third-order valence-corrected chi connectivity index (χ3v) is 5.80. The standard InChI is InChI=1S/C15H20AsClO4/c17-11-7-8-13(18)12(10-11)15(21)16-9-5-3-1-2-4-6-14(19)20/h7-8,10,16,18H,1-6,9H2,(H,19,20). The number of unbranched alkanes of at least 4 members (excludes halogenated alkanes) is 4. The summed E-state index contributed by atoms with van der Waals surface area (Å²) >= 11 is 5.05. The summed E-state index contributed by atoms with van der Waals surface area (Å²) in [4.78, 5) is 22.3. The number of phenolic OH excluding ortho intramolecular Hbond substituents is 1. The Labute approximate surface area is 136 Å². The van der Waals surface area contributed by atoms with Gasteiger partial charge in [0.2, 0.25) is 0 Å². The van der Waals surface area contributed by atoms with Crippen molar-refractivity contribution >= 4 is 37.9 Å². The SMILES string of the molecule is O=C(O)CCCCCCC[AsH]C(=O)c1cc(Cl)ccc1O. The average Bonchev–Trinajstić information content (AvgIpc) is 2.43. The molecule has 1 atom stereocenters. The van der Waals surface area contributed by atoms with Gasteiger partial charge >= 0.3 is 136 Å². The molecule has 0 fully saturated rings. The number of aliphatic carboxylic acids is 1. The molecule has 0 saturated heterocycles. The summed E-state index contributed by atoms with van der Waals surface area (Å²) in [6, 6.07) is 4.53. The topological polar surface area (TPSA) is 74.6 Å². The van der Waals surface area contributed by atoms with Gasteiger partial charge in [0.25, 0.3) is 0 Å². The summed E-state index contributed by atoms with van der Waals surface area (Å²) in [5.74, 6) is -0.740. The number of halogens is 1. The second kappa shape index (κ2) is 9.86. The van der Waals surface area contributed by atoms with Crippen molar-refractivity contribution in [1.82, 2.24) is 0 Å². The Hall–Kier alpha value is -0.992. The number of carboxylic acids is 1. The van der Waals surface area contributed by atoms with E-state index in [2.05, 4.69) is 0 Å². The molecule has 4 nitrogen and oxygen atoms in total. The molecule has 0 bridgehead atoms. The van der Waals surface area contributed by atoms with Gasteiger partial charge in [-0.15, -0.1) is 0 Å². The number of carbonyl (C=O) groups is 2. The van der Waals surface area contributed by atoms with E-state index in [0.29, 0.717) is 10.6 Å². The normalized spacial score (nSPS) is 11.1. The van der Waals surface area contributed by atoms with Gasteiger partial charge in [-0.3, -0.25) is 0 Å². The van der Waals surface area contributed by atoms with Gasteiger partial charge in [0, 0.05) is 0 Å². The third-order valence-electron chi connectivity index (χ3n) is 3.06. The zero-order chi connectivity index (χ0) is 15.7. The van der Waals surface area contributed by atoms with Crippen molar-refractivity contribution in [2.45, 2.75) is 43.7 Å². The van der Waals surface area contributed by atoms with Gasteiger partial charge in [-0.2, -0.15) is 0 Å². The summed E-state index contributed by atoms with van der Waals surface area (Å²) < 4.78 is 0.0286. The van der Waals surface area contributed by atoms with Crippen molar-refractivity contribution in [2.24, 2.45) is 0 Å². The van der Waals surface area contributed by atoms with Crippen LogP contribution in [0.5, 0.6) is 5.75 Å². The van der Waals surface area contributed by atoms with E-state index in [-0.39, 0.29) is 16.7 Å². The predicted molar refractivity (Wildman–Crippen MR) is 84.7 cm³/mol. The molecule has 1 unspecified atom stereocenters. The molecule has 1 rings (SSSR count). The maximum absolute atomic E-state index is 12.0. The summed E-state index contributed by atoms with van der Waals surface area (Å²) in [5, 5.41) is 19.5. The molecule has 0 saturated carbocycles. The molecule has 1 aromatic rings. The van der Waals surface area contributed by atoms with Crippen molar-refractivity contribution in [3.63, 3.8) is 0 Å². The van der Waals surface area contributed by atoms with E-state index in [1.165, 1.54) is 12.1 Å². The van der Waals surface area contributed by atoms with Crippen molar-refractivity contribution in [3.05, 3.63) is 28.8 Å². The van der Waals surface area contributed by atoms with Crippen LogP contribution in [0.4, 0.5) is 0 Å². The van der Waals surface area contributed by atoms with Gasteiger partial charge in [0.05, 0.1) is 0 Å². The molecule has 0 aromatic heterocycles. The van der Waals surface area contributed by atoms with Gasteiger partial charge in [-0.25, -0.2) is 0 Å². The van der Waals surface area contributed by atoms with Crippen molar-refractivity contribution in [1.29, 1.82) is 0 Å². The molecule has 0 heterocycles. The van der Waals surface area contributed by atoms with Gasteiger partial charge < -0.3 is 0 Å².